The third-order valence-corrected chi connectivity index (χ3v) is 2.95. The van der Waals surface area contributed by atoms with Crippen LogP contribution in [-0.2, 0) is 0 Å². The molecule has 0 saturated heterocycles. The zero-order valence-electron chi connectivity index (χ0n) is 11.3. The topological polar surface area (TPSA) is 62.7 Å². The van der Waals surface area contributed by atoms with E-state index in [1.165, 1.54) is 6.21 Å². The SMILES string of the molecule is COc1ccc(/C=N/NC(=O)Nc2ccccc2Cl)cc1. The molecular formula is C15H14ClN3O2. The molecule has 0 unspecified atom stereocenters. The highest BCUT2D eigenvalue weighted by molar-refractivity contribution is 6.33. The quantitative estimate of drug-likeness (QED) is 0.670. The molecule has 2 aromatic carbocycles. The molecule has 0 aliphatic carbocycles. The number of nitrogens with zero attached hydrogens (tertiary/aromatic N) is 1. The van der Waals surface area contributed by atoms with Crippen molar-refractivity contribution in [3.05, 3.63) is 59.1 Å². The van der Waals surface area contributed by atoms with E-state index in [0.717, 1.165) is 11.3 Å². The number of rotatable bonds is 4. The predicted octanol–water partition coefficient (Wildman–Crippen LogP) is 3.50. The number of benzene rings is 2. The van der Waals surface area contributed by atoms with Gasteiger partial charge in [-0.25, -0.2) is 10.2 Å². The molecule has 0 radical (unpaired) electrons. The zero-order valence-corrected chi connectivity index (χ0v) is 12.1. The summed E-state index contributed by atoms with van der Waals surface area (Å²) in [6, 6.07) is 13.8. The molecule has 2 amide bonds. The van der Waals surface area contributed by atoms with Crippen molar-refractivity contribution >= 4 is 29.5 Å². The van der Waals surface area contributed by atoms with Gasteiger partial charge in [-0.1, -0.05) is 23.7 Å². The lowest BCUT2D eigenvalue weighted by atomic mass is 10.2. The first-order chi connectivity index (χ1) is 10.2. The number of nitrogens with one attached hydrogen (secondary N) is 2. The van der Waals surface area contributed by atoms with Crippen LogP contribution in [0, 0.1) is 0 Å². The summed E-state index contributed by atoms with van der Waals surface area (Å²) in [6.07, 6.45) is 1.53. The smallest absolute Gasteiger partial charge is 0.339 e. The Morgan fingerprint density at radius 3 is 2.57 bits per heavy atom. The Kier molecular flexibility index (Phi) is 5.17. The van der Waals surface area contributed by atoms with Crippen molar-refractivity contribution in [1.82, 2.24) is 5.43 Å². The number of amides is 2. The first-order valence-corrected chi connectivity index (χ1v) is 6.55. The van der Waals surface area contributed by atoms with Crippen molar-refractivity contribution in [3.63, 3.8) is 0 Å². The maximum atomic E-state index is 11.6. The molecule has 21 heavy (non-hydrogen) atoms. The van der Waals surface area contributed by atoms with Gasteiger partial charge in [0.25, 0.3) is 0 Å². The molecule has 2 rings (SSSR count). The van der Waals surface area contributed by atoms with E-state index in [2.05, 4.69) is 15.8 Å². The second-order valence-corrected chi connectivity index (χ2v) is 4.48. The Morgan fingerprint density at radius 1 is 1.19 bits per heavy atom. The van der Waals surface area contributed by atoms with Gasteiger partial charge in [-0.2, -0.15) is 5.10 Å². The van der Waals surface area contributed by atoms with Crippen molar-refractivity contribution in [1.29, 1.82) is 0 Å². The lowest BCUT2D eigenvalue weighted by molar-refractivity contribution is 0.252. The third-order valence-electron chi connectivity index (χ3n) is 2.62. The number of carbonyl (C=O) groups is 1. The summed E-state index contributed by atoms with van der Waals surface area (Å²) >= 11 is 5.93. The van der Waals surface area contributed by atoms with Crippen molar-refractivity contribution < 1.29 is 9.53 Å². The number of hydrazone groups is 1. The van der Waals surface area contributed by atoms with Gasteiger partial charge < -0.3 is 10.1 Å². The highest BCUT2D eigenvalue weighted by Gasteiger charge is 2.02. The van der Waals surface area contributed by atoms with Crippen molar-refractivity contribution in [2.45, 2.75) is 0 Å². The molecule has 0 heterocycles. The summed E-state index contributed by atoms with van der Waals surface area (Å²) in [6.45, 7) is 0. The van der Waals surface area contributed by atoms with E-state index in [1.807, 2.05) is 24.3 Å². The normalized spacial score (nSPS) is 10.4. The molecule has 0 saturated carbocycles. The zero-order chi connectivity index (χ0) is 15.1. The Bertz CT molecular complexity index is 642. The summed E-state index contributed by atoms with van der Waals surface area (Å²) in [5, 5.41) is 6.92. The second kappa shape index (κ2) is 7.31. The van der Waals surface area contributed by atoms with Gasteiger partial charge in [0.2, 0.25) is 0 Å². The van der Waals surface area contributed by atoms with Crippen molar-refractivity contribution in [2.75, 3.05) is 12.4 Å². The van der Waals surface area contributed by atoms with Gasteiger partial charge in [-0.15, -0.1) is 0 Å². The van der Waals surface area contributed by atoms with Gasteiger partial charge in [0.15, 0.2) is 0 Å². The van der Waals surface area contributed by atoms with E-state index in [4.69, 9.17) is 16.3 Å². The first-order valence-electron chi connectivity index (χ1n) is 6.17. The van der Waals surface area contributed by atoms with E-state index < -0.39 is 6.03 Å². The number of halogens is 1. The molecular weight excluding hydrogens is 290 g/mol. The Hall–Kier alpha value is -2.53. The average Bonchev–Trinajstić information content (AvgIpc) is 2.50. The van der Waals surface area contributed by atoms with E-state index in [-0.39, 0.29) is 0 Å². The lowest BCUT2D eigenvalue weighted by Gasteiger charge is -2.05. The Balaban J connectivity index is 1.88. The second-order valence-electron chi connectivity index (χ2n) is 4.08. The third kappa shape index (κ3) is 4.50. The van der Waals surface area contributed by atoms with Crippen LogP contribution in [0.1, 0.15) is 5.56 Å². The Morgan fingerprint density at radius 2 is 1.90 bits per heavy atom. The van der Waals surface area contributed by atoms with Gasteiger partial charge in [0.05, 0.1) is 24.0 Å². The molecule has 108 valence electrons. The fourth-order valence-electron chi connectivity index (χ4n) is 1.57. The van der Waals surface area contributed by atoms with E-state index in [9.17, 15) is 4.79 Å². The number of carbonyl (C=O) groups excluding carboxylic acids is 1. The summed E-state index contributed by atoms with van der Waals surface area (Å²) in [5.41, 5.74) is 3.73. The molecule has 0 atom stereocenters. The standard InChI is InChI=1S/C15H14ClN3O2/c1-21-12-8-6-11(7-9-12)10-17-19-15(20)18-14-5-3-2-4-13(14)16/h2-10H,1H3,(H2,18,19,20)/b17-10+. The number of methoxy groups -OCH3 is 1. The van der Waals surface area contributed by atoms with Gasteiger partial charge >= 0.3 is 6.03 Å². The minimum absolute atomic E-state index is 0.465. The molecule has 0 aliphatic rings. The fraction of sp³-hybridized carbons (Fsp3) is 0.0667. The highest BCUT2D eigenvalue weighted by atomic mass is 35.5. The number of anilines is 1. The fourth-order valence-corrected chi connectivity index (χ4v) is 1.75. The van der Waals surface area contributed by atoms with Gasteiger partial charge in [0, 0.05) is 0 Å². The van der Waals surface area contributed by atoms with Gasteiger partial charge in [0.1, 0.15) is 5.75 Å². The molecule has 0 aromatic heterocycles. The van der Waals surface area contributed by atoms with Crippen LogP contribution in [-0.4, -0.2) is 19.4 Å². The minimum Gasteiger partial charge on any atom is -0.497 e. The van der Waals surface area contributed by atoms with Crippen LogP contribution in [0.5, 0.6) is 5.75 Å². The van der Waals surface area contributed by atoms with Crippen LogP contribution in [0.3, 0.4) is 0 Å². The molecule has 2 N–H and O–H groups in total. The summed E-state index contributed by atoms with van der Waals surface area (Å²) in [4.78, 5) is 11.6. The van der Waals surface area contributed by atoms with Crippen LogP contribution in [0.2, 0.25) is 5.02 Å². The molecule has 2 aromatic rings. The van der Waals surface area contributed by atoms with E-state index >= 15 is 0 Å². The maximum absolute atomic E-state index is 11.6. The summed E-state index contributed by atoms with van der Waals surface area (Å²) in [5.74, 6) is 0.761. The number of para-hydroxylation sites is 1. The first kappa shape index (κ1) is 14.9. The molecule has 0 fully saturated rings. The molecule has 0 bridgehead atoms. The van der Waals surface area contributed by atoms with Crippen LogP contribution in [0.4, 0.5) is 10.5 Å². The van der Waals surface area contributed by atoms with Crippen molar-refractivity contribution in [3.8, 4) is 5.75 Å². The number of hydrogen-bond donors (Lipinski definition) is 2. The minimum atomic E-state index is -0.465. The highest BCUT2D eigenvalue weighted by Crippen LogP contribution is 2.19. The van der Waals surface area contributed by atoms with Crippen molar-refractivity contribution in [2.24, 2.45) is 5.10 Å². The Labute approximate surface area is 127 Å². The van der Waals surface area contributed by atoms with Crippen LogP contribution < -0.4 is 15.5 Å². The average molecular weight is 304 g/mol. The van der Waals surface area contributed by atoms with E-state index in [1.54, 1.807) is 31.4 Å². The lowest BCUT2D eigenvalue weighted by Crippen LogP contribution is -2.24. The predicted molar refractivity (Wildman–Crippen MR) is 84.2 cm³/mol. The molecule has 6 heteroatoms. The number of hydrogen-bond acceptors (Lipinski definition) is 3. The molecule has 0 aliphatic heterocycles. The van der Waals surface area contributed by atoms with Crippen LogP contribution in [0.15, 0.2) is 53.6 Å². The largest absolute Gasteiger partial charge is 0.497 e. The monoisotopic (exact) mass is 303 g/mol. The molecule has 5 nitrogen and oxygen atoms in total. The van der Waals surface area contributed by atoms with Crippen LogP contribution in [0.25, 0.3) is 0 Å². The van der Waals surface area contributed by atoms with Gasteiger partial charge in [-0.05, 0) is 42.0 Å². The number of ether oxygens (including phenoxy) is 1. The van der Waals surface area contributed by atoms with Crippen LogP contribution >= 0.6 is 11.6 Å². The van der Waals surface area contributed by atoms with E-state index in [0.29, 0.717) is 10.7 Å². The molecule has 0 spiro atoms. The summed E-state index contributed by atoms with van der Waals surface area (Å²) in [7, 11) is 1.60. The maximum Gasteiger partial charge on any atom is 0.339 e. The number of urea groups is 1. The van der Waals surface area contributed by atoms with Gasteiger partial charge in [-0.3, -0.25) is 0 Å². The summed E-state index contributed by atoms with van der Waals surface area (Å²) < 4.78 is 5.05.